The van der Waals surface area contributed by atoms with Crippen molar-refractivity contribution in [3.05, 3.63) is 57.8 Å². The summed E-state index contributed by atoms with van der Waals surface area (Å²) >= 11 is 1.77. The molecule has 1 N–H and O–H groups in total. The largest absolute Gasteiger partial charge is 0.396 e. The van der Waals surface area contributed by atoms with Gasteiger partial charge in [-0.1, -0.05) is 35.9 Å². The van der Waals surface area contributed by atoms with E-state index in [1.165, 1.54) is 16.0 Å². The van der Waals surface area contributed by atoms with Gasteiger partial charge in [0, 0.05) is 11.5 Å². The van der Waals surface area contributed by atoms with Crippen molar-refractivity contribution in [1.29, 1.82) is 0 Å². The fraction of sp³-hybridized carbons (Fsp3) is 0.333. The van der Waals surface area contributed by atoms with Gasteiger partial charge < -0.3 is 5.11 Å². The van der Waals surface area contributed by atoms with Crippen molar-refractivity contribution in [2.45, 2.75) is 19.8 Å². The first-order valence-corrected chi connectivity index (χ1v) is 6.84. The number of rotatable bonds is 5. The standard InChI is InChI=1S/C15H18OS/c1-12-4-6-13(7-5-12)9-14(11-16)10-15-3-2-8-17-15/h2-8,14,16H,9-11H2,1H3. The maximum absolute atomic E-state index is 9.45. The molecule has 0 saturated carbocycles. The summed E-state index contributed by atoms with van der Waals surface area (Å²) in [5.74, 6) is 0.330. The van der Waals surface area contributed by atoms with Crippen LogP contribution >= 0.6 is 11.3 Å². The van der Waals surface area contributed by atoms with E-state index in [0.29, 0.717) is 5.92 Å². The number of aliphatic hydroxyl groups excluding tert-OH is 1. The molecule has 1 unspecified atom stereocenters. The Bertz CT molecular complexity index is 430. The lowest BCUT2D eigenvalue weighted by Crippen LogP contribution is -2.12. The van der Waals surface area contributed by atoms with Crippen LogP contribution in [0.5, 0.6) is 0 Å². The van der Waals surface area contributed by atoms with Crippen LogP contribution in [0.15, 0.2) is 41.8 Å². The fourth-order valence-corrected chi connectivity index (χ4v) is 2.79. The van der Waals surface area contributed by atoms with Crippen LogP contribution < -0.4 is 0 Å². The average molecular weight is 246 g/mol. The van der Waals surface area contributed by atoms with Gasteiger partial charge in [0.05, 0.1) is 0 Å². The highest BCUT2D eigenvalue weighted by molar-refractivity contribution is 7.09. The molecule has 1 nitrogen and oxygen atoms in total. The van der Waals surface area contributed by atoms with Crippen LogP contribution in [0.1, 0.15) is 16.0 Å². The monoisotopic (exact) mass is 246 g/mol. The normalized spacial score (nSPS) is 12.6. The van der Waals surface area contributed by atoms with Gasteiger partial charge in [0.25, 0.3) is 0 Å². The molecule has 0 fully saturated rings. The van der Waals surface area contributed by atoms with Gasteiger partial charge in [-0.05, 0) is 42.7 Å². The Labute approximate surface area is 107 Å². The van der Waals surface area contributed by atoms with Gasteiger partial charge in [-0.3, -0.25) is 0 Å². The number of hydrogen-bond donors (Lipinski definition) is 1. The van der Waals surface area contributed by atoms with E-state index < -0.39 is 0 Å². The highest BCUT2D eigenvalue weighted by Crippen LogP contribution is 2.18. The SMILES string of the molecule is Cc1ccc(CC(CO)Cc2cccs2)cc1. The Morgan fingerprint density at radius 3 is 2.47 bits per heavy atom. The number of thiophene rings is 1. The molecule has 1 atom stereocenters. The lowest BCUT2D eigenvalue weighted by Gasteiger charge is -2.13. The van der Waals surface area contributed by atoms with Gasteiger partial charge in [0.2, 0.25) is 0 Å². The smallest absolute Gasteiger partial charge is 0.0465 e. The molecule has 2 heteroatoms. The first-order chi connectivity index (χ1) is 8.28. The zero-order chi connectivity index (χ0) is 12.1. The van der Waals surface area contributed by atoms with E-state index in [-0.39, 0.29) is 6.61 Å². The van der Waals surface area contributed by atoms with E-state index in [1.54, 1.807) is 11.3 Å². The van der Waals surface area contributed by atoms with Gasteiger partial charge in [-0.25, -0.2) is 0 Å². The predicted molar refractivity (Wildman–Crippen MR) is 73.5 cm³/mol. The summed E-state index contributed by atoms with van der Waals surface area (Å²) in [6, 6.07) is 12.8. The van der Waals surface area contributed by atoms with Crippen molar-refractivity contribution in [2.24, 2.45) is 5.92 Å². The summed E-state index contributed by atoms with van der Waals surface area (Å²) < 4.78 is 0. The topological polar surface area (TPSA) is 20.2 Å². The molecule has 1 heterocycles. The van der Waals surface area contributed by atoms with Crippen molar-refractivity contribution in [3.8, 4) is 0 Å². The molecule has 0 aliphatic heterocycles. The Morgan fingerprint density at radius 1 is 1.12 bits per heavy atom. The molecule has 1 aromatic heterocycles. The fourth-order valence-electron chi connectivity index (χ4n) is 1.97. The Hall–Kier alpha value is -1.12. The zero-order valence-electron chi connectivity index (χ0n) is 10.1. The van der Waals surface area contributed by atoms with Crippen LogP contribution in [0.3, 0.4) is 0 Å². The van der Waals surface area contributed by atoms with Gasteiger partial charge in [0.1, 0.15) is 0 Å². The van der Waals surface area contributed by atoms with Crippen LogP contribution in [0, 0.1) is 12.8 Å². The Morgan fingerprint density at radius 2 is 1.88 bits per heavy atom. The van der Waals surface area contributed by atoms with E-state index in [1.807, 2.05) is 0 Å². The third kappa shape index (κ3) is 3.69. The van der Waals surface area contributed by atoms with Crippen molar-refractivity contribution < 1.29 is 5.11 Å². The molecule has 0 radical (unpaired) electrons. The number of hydrogen-bond acceptors (Lipinski definition) is 2. The molecule has 2 aromatic rings. The van der Waals surface area contributed by atoms with Crippen LogP contribution in [0.25, 0.3) is 0 Å². The van der Waals surface area contributed by atoms with Crippen molar-refractivity contribution in [3.63, 3.8) is 0 Å². The Balaban J connectivity index is 1.97. The molecular formula is C15H18OS. The third-order valence-corrected chi connectivity index (χ3v) is 3.87. The van der Waals surface area contributed by atoms with Gasteiger partial charge >= 0.3 is 0 Å². The minimum absolute atomic E-state index is 0.256. The Kier molecular flexibility index (Phi) is 4.35. The number of aliphatic hydroxyl groups is 1. The molecule has 0 aliphatic rings. The highest BCUT2D eigenvalue weighted by Gasteiger charge is 2.10. The predicted octanol–water partition coefficient (Wildman–Crippen LogP) is 3.45. The van der Waals surface area contributed by atoms with Crippen LogP contribution in [0.4, 0.5) is 0 Å². The van der Waals surface area contributed by atoms with Crippen molar-refractivity contribution in [2.75, 3.05) is 6.61 Å². The molecule has 0 spiro atoms. The zero-order valence-corrected chi connectivity index (χ0v) is 10.9. The first kappa shape index (κ1) is 12.3. The number of benzene rings is 1. The van der Waals surface area contributed by atoms with Crippen LogP contribution in [-0.4, -0.2) is 11.7 Å². The minimum Gasteiger partial charge on any atom is -0.396 e. The van der Waals surface area contributed by atoms with E-state index in [2.05, 4.69) is 48.7 Å². The summed E-state index contributed by atoms with van der Waals surface area (Å²) in [6.45, 7) is 2.35. The second-order valence-electron chi connectivity index (χ2n) is 4.52. The molecule has 17 heavy (non-hydrogen) atoms. The van der Waals surface area contributed by atoms with E-state index >= 15 is 0 Å². The number of aryl methyl sites for hydroxylation is 1. The highest BCUT2D eigenvalue weighted by atomic mass is 32.1. The second kappa shape index (κ2) is 5.99. The lowest BCUT2D eigenvalue weighted by molar-refractivity contribution is 0.225. The summed E-state index contributed by atoms with van der Waals surface area (Å²) in [4.78, 5) is 1.36. The maximum Gasteiger partial charge on any atom is 0.0465 e. The first-order valence-electron chi connectivity index (χ1n) is 5.96. The molecular weight excluding hydrogens is 228 g/mol. The van der Waals surface area contributed by atoms with Gasteiger partial charge in [-0.15, -0.1) is 11.3 Å². The van der Waals surface area contributed by atoms with Crippen molar-refractivity contribution in [1.82, 2.24) is 0 Å². The molecule has 0 saturated heterocycles. The summed E-state index contributed by atoms with van der Waals surface area (Å²) in [5.41, 5.74) is 2.60. The quantitative estimate of drug-likeness (QED) is 0.856. The second-order valence-corrected chi connectivity index (χ2v) is 5.55. The van der Waals surface area contributed by atoms with Gasteiger partial charge in [0.15, 0.2) is 0 Å². The molecule has 0 amide bonds. The van der Waals surface area contributed by atoms with Crippen LogP contribution in [0.2, 0.25) is 0 Å². The average Bonchev–Trinajstić information content (AvgIpc) is 2.84. The minimum atomic E-state index is 0.256. The van der Waals surface area contributed by atoms with E-state index in [4.69, 9.17) is 0 Å². The molecule has 2 rings (SSSR count). The summed E-state index contributed by atoms with van der Waals surface area (Å²) in [6.07, 6.45) is 1.93. The lowest BCUT2D eigenvalue weighted by atomic mass is 9.96. The van der Waals surface area contributed by atoms with Crippen molar-refractivity contribution >= 4 is 11.3 Å². The maximum atomic E-state index is 9.45. The molecule has 1 aromatic carbocycles. The summed E-state index contributed by atoms with van der Waals surface area (Å²) in [7, 11) is 0. The third-order valence-electron chi connectivity index (χ3n) is 2.97. The summed E-state index contributed by atoms with van der Waals surface area (Å²) in [5, 5.41) is 11.5. The molecule has 0 bridgehead atoms. The van der Waals surface area contributed by atoms with E-state index in [9.17, 15) is 5.11 Å². The van der Waals surface area contributed by atoms with Crippen LogP contribution in [-0.2, 0) is 12.8 Å². The molecule has 0 aliphatic carbocycles. The van der Waals surface area contributed by atoms with Gasteiger partial charge in [-0.2, -0.15) is 0 Å². The molecule has 90 valence electrons. The van der Waals surface area contributed by atoms with E-state index in [0.717, 1.165) is 12.8 Å².